The third-order valence-corrected chi connectivity index (χ3v) is 4.08. The van der Waals surface area contributed by atoms with Crippen LogP contribution in [0.4, 0.5) is 0 Å². The zero-order valence-electron chi connectivity index (χ0n) is 12.6. The first-order valence-corrected chi connectivity index (χ1v) is 9.01. The molecule has 0 spiro atoms. The molecule has 0 radical (unpaired) electrons. The Balaban J connectivity index is 2.47. The van der Waals surface area contributed by atoms with Crippen molar-refractivity contribution in [2.45, 2.75) is 31.1 Å². The van der Waals surface area contributed by atoms with Crippen molar-refractivity contribution >= 4 is 15.7 Å². The molecule has 0 unspecified atom stereocenters. The van der Waals surface area contributed by atoms with Gasteiger partial charge in [0.15, 0.2) is 9.84 Å². The zero-order valence-corrected chi connectivity index (χ0v) is 13.4. The number of benzene rings is 1. The van der Waals surface area contributed by atoms with Crippen LogP contribution >= 0.6 is 0 Å². The van der Waals surface area contributed by atoms with Gasteiger partial charge in [0.05, 0.1) is 10.5 Å². The summed E-state index contributed by atoms with van der Waals surface area (Å²) >= 11 is 0. The van der Waals surface area contributed by atoms with Crippen molar-refractivity contribution in [1.82, 2.24) is 5.32 Å². The Morgan fingerprint density at radius 3 is 2.52 bits per heavy atom. The van der Waals surface area contributed by atoms with Crippen LogP contribution in [0, 0.1) is 0 Å². The Bertz CT molecular complexity index is 555. The SMILES string of the molecule is CCCCOCCCNC(=O)c1ccccc1S(C)(=O)=O. The van der Waals surface area contributed by atoms with Crippen LogP contribution in [0.2, 0.25) is 0 Å². The second-order valence-electron chi connectivity index (χ2n) is 4.84. The summed E-state index contributed by atoms with van der Waals surface area (Å²) < 4.78 is 28.7. The number of unbranched alkanes of at least 4 members (excludes halogenated alkanes) is 1. The Kier molecular flexibility index (Phi) is 7.39. The minimum absolute atomic E-state index is 0.0571. The van der Waals surface area contributed by atoms with Crippen molar-refractivity contribution in [3.05, 3.63) is 29.8 Å². The number of amides is 1. The van der Waals surface area contributed by atoms with Crippen LogP contribution < -0.4 is 5.32 Å². The molecule has 0 aliphatic heterocycles. The summed E-state index contributed by atoms with van der Waals surface area (Å²) in [4.78, 5) is 12.1. The molecule has 0 atom stereocenters. The van der Waals surface area contributed by atoms with Gasteiger partial charge in [-0.05, 0) is 25.0 Å². The van der Waals surface area contributed by atoms with E-state index >= 15 is 0 Å². The van der Waals surface area contributed by atoms with Crippen LogP contribution in [-0.4, -0.2) is 40.3 Å². The van der Waals surface area contributed by atoms with E-state index in [-0.39, 0.29) is 16.4 Å². The van der Waals surface area contributed by atoms with Gasteiger partial charge in [-0.3, -0.25) is 4.79 Å². The van der Waals surface area contributed by atoms with Gasteiger partial charge in [0, 0.05) is 26.0 Å². The summed E-state index contributed by atoms with van der Waals surface area (Å²) in [6.45, 7) is 3.89. The predicted octanol–water partition coefficient (Wildman–Crippen LogP) is 2.03. The number of carbonyl (C=O) groups is 1. The summed E-state index contributed by atoms with van der Waals surface area (Å²) in [5, 5.41) is 2.72. The van der Waals surface area contributed by atoms with E-state index in [1.54, 1.807) is 12.1 Å². The van der Waals surface area contributed by atoms with Crippen LogP contribution in [0.25, 0.3) is 0 Å². The summed E-state index contributed by atoms with van der Waals surface area (Å²) in [6, 6.07) is 6.22. The summed E-state index contributed by atoms with van der Waals surface area (Å²) in [5.74, 6) is -0.371. The minimum atomic E-state index is -3.41. The van der Waals surface area contributed by atoms with Gasteiger partial charge in [0.2, 0.25) is 0 Å². The molecule has 1 amide bonds. The summed E-state index contributed by atoms with van der Waals surface area (Å²) in [6.07, 6.45) is 3.93. The molecule has 5 nitrogen and oxygen atoms in total. The third-order valence-electron chi connectivity index (χ3n) is 2.92. The number of carbonyl (C=O) groups excluding carboxylic acids is 1. The van der Waals surface area contributed by atoms with Crippen molar-refractivity contribution in [2.75, 3.05) is 26.0 Å². The molecule has 1 rings (SSSR count). The lowest BCUT2D eigenvalue weighted by molar-refractivity contribution is 0.0937. The molecule has 0 saturated heterocycles. The highest BCUT2D eigenvalue weighted by atomic mass is 32.2. The fourth-order valence-electron chi connectivity index (χ4n) is 1.80. The van der Waals surface area contributed by atoms with Crippen molar-refractivity contribution in [2.24, 2.45) is 0 Å². The maximum atomic E-state index is 12.0. The second kappa shape index (κ2) is 8.79. The van der Waals surface area contributed by atoms with Gasteiger partial charge in [-0.1, -0.05) is 25.5 Å². The topological polar surface area (TPSA) is 72.5 Å². The quantitative estimate of drug-likeness (QED) is 0.708. The first kappa shape index (κ1) is 17.7. The van der Waals surface area contributed by atoms with E-state index < -0.39 is 9.84 Å². The highest BCUT2D eigenvalue weighted by Crippen LogP contribution is 2.14. The van der Waals surface area contributed by atoms with E-state index in [9.17, 15) is 13.2 Å². The molecular weight excluding hydrogens is 290 g/mol. The Morgan fingerprint density at radius 1 is 1.19 bits per heavy atom. The van der Waals surface area contributed by atoms with E-state index in [0.717, 1.165) is 25.7 Å². The predicted molar refractivity (Wildman–Crippen MR) is 82.2 cm³/mol. The lowest BCUT2D eigenvalue weighted by atomic mass is 10.2. The lowest BCUT2D eigenvalue weighted by Gasteiger charge is -2.09. The normalized spacial score (nSPS) is 11.3. The van der Waals surface area contributed by atoms with E-state index in [2.05, 4.69) is 12.2 Å². The van der Waals surface area contributed by atoms with Crippen molar-refractivity contribution in [3.63, 3.8) is 0 Å². The molecule has 1 aromatic rings. The highest BCUT2D eigenvalue weighted by Gasteiger charge is 2.17. The van der Waals surface area contributed by atoms with Crippen LogP contribution in [0.3, 0.4) is 0 Å². The molecular formula is C15H23NO4S. The average Bonchev–Trinajstić information content (AvgIpc) is 2.45. The first-order chi connectivity index (χ1) is 9.96. The minimum Gasteiger partial charge on any atom is -0.381 e. The maximum Gasteiger partial charge on any atom is 0.252 e. The number of sulfone groups is 1. The molecule has 0 aliphatic rings. The number of hydrogen-bond acceptors (Lipinski definition) is 4. The average molecular weight is 313 g/mol. The van der Waals surface area contributed by atoms with Gasteiger partial charge >= 0.3 is 0 Å². The van der Waals surface area contributed by atoms with E-state index in [0.29, 0.717) is 19.6 Å². The van der Waals surface area contributed by atoms with Crippen LogP contribution in [0.1, 0.15) is 36.5 Å². The van der Waals surface area contributed by atoms with Crippen LogP contribution in [0.5, 0.6) is 0 Å². The fraction of sp³-hybridized carbons (Fsp3) is 0.533. The fourth-order valence-corrected chi connectivity index (χ4v) is 2.68. The molecule has 0 fully saturated rings. The van der Waals surface area contributed by atoms with Gasteiger partial charge in [0.1, 0.15) is 0 Å². The second-order valence-corrected chi connectivity index (χ2v) is 6.83. The standard InChI is InChI=1S/C15H23NO4S/c1-3-4-11-20-12-7-10-16-15(17)13-8-5-6-9-14(13)21(2,18)19/h5-6,8-9H,3-4,7,10-12H2,1-2H3,(H,16,17). The highest BCUT2D eigenvalue weighted by molar-refractivity contribution is 7.90. The van der Waals surface area contributed by atoms with Gasteiger partial charge in [-0.25, -0.2) is 8.42 Å². The Morgan fingerprint density at radius 2 is 1.86 bits per heavy atom. The van der Waals surface area contributed by atoms with Gasteiger partial charge in [-0.2, -0.15) is 0 Å². The van der Waals surface area contributed by atoms with E-state index in [1.807, 2.05) is 0 Å². The largest absolute Gasteiger partial charge is 0.381 e. The van der Waals surface area contributed by atoms with Crippen molar-refractivity contribution < 1.29 is 17.9 Å². The molecule has 0 heterocycles. The van der Waals surface area contributed by atoms with Crippen LogP contribution in [-0.2, 0) is 14.6 Å². The number of ether oxygens (including phenoxy) is 1. The van der Waals surface area contributed by atoms with Gasteiger partial charge in [-0.15, -0.1) is 0 Å². The molecule has 0 saturated carbocycles. The molecule has 0 aromatic heterocycles. The summed E-state index contributed by atoms with van der Waals surface area (Å²) in [7, 11) is -3.41. The molecule has 0 bridgehead atoms. The maximum absolute atomic E-state index is 12.0. The van der Waals surface area contributed by atoms with E-state index in [4.69, 9.17) is 4.74 Å². The molecule has 21 heavy (non-hydrogen) atoms. The van der Waals surface area contributed by atoms with Crippen molar-refractivity contribution in [1.29, 1.82) is 0 Å². The van der Waals surface area contributed by atoms with Gasteiger partial charge in [0.25, 0.3) is 5.91 Å². The zero-order chi connectivity index (χ0) is 15.7. The number of hydrogen-bond donors (Lipinski definition) is 1. The molecule has 1 aromatic carbocycles. The lowest BCUT2D eigenvalue weighted by Crippen LogP contribution is -2.26. The smallest absolute Gasteiger partial charge is 0.252 e. The summed E-state index contributed by atoms with van der Waals surface area (Å²) in [5.41, 5.74) is 0.187. The number of rotatable bonds is 9. The monoisotopic (exact) mass is 313 g/mol. The Hall–Kier alpha value is -1.40. The first-order valence-electron chi connectivity index (χ1n) is 7.12. The number of nitrogens with one attached hydrogen (secondary N) is 1. The molecule has 6 heteroatoms. The molecule has 0 aliphatic carbocycles. The van der Waals surface area contributed by atoms with E-state index in [1.165, 1.54) is 12.1 Å². The Labute approximate surface area is 126 Å². The molecule has 118 valence electrons. The van der Waals surface area contributed by atoms with Crippen molar-refractivity contribution in [3.8, 4) is 0 Å². The third kappa shape index (κ3) is 6.27. The molecule has 1 N–H and O–H groups in total. The van der Waals surface area contributed by atoms with Crippen LogP contribution in [0.15, 0.2) is 29.2 Å². The van der Waals surface area contributed by atoms with Gasteiger partial charge < -0.3 is 10.1 Å².